The zero-order valence-electron chi connectivity index (χ0n) is 15.5. The summed E-state index contributed by atoms with van der Waals surface area (Å²) < 4.78 is 95.8. The van der Waals surface area contributed by atoms with Crippen molar-refractivity contribution in [2.24, 2.45) is 0 Å². The van der Waals surface area contributed by atoms with Gasteiger partial charge in [-0.1, -0.05) is 0 Å². The summed E-state index contributed by atoms with van der Waals surface area (Å²) in [4.78, 5) is 11.5. The van der Waals surface area contributed by atoms with Crippen molar-refractivity contribution < 1.29 is 35.5 Å². The minimum atomic E-state index is -4.85. The topological polar surface area (TPSA) is 64.3 Å². The average molecular weight is 457 g/mol. The zero-order chi connectivity index (χ0) is 23.1. The first-order valence-electron chi connectivity index (χ1n) is 8.70. The van der Waals surface area contributed by atoms with Gasteiger partial charge in [-0.2, -0.15) is 13.2 Å². The Morgan fingerprint density at radius 2 is 1.59 bits per heavy atom. The number of aromatic nitrogens is 4. The van der Waals surface area contributed by atoms with Crippen LogP contribution in [-0.4, -0.2) is 25.7 Å². The molecule has 3 heterocycles. The van der Waals surface area contributed by atoms with E-state index in [4.69, 9.17) is 0 Å². The summed E-state index contributed by atoms with van der Waals surface area (Å²) in [5.41, 5.74) is -1.92. The Kier molecular flexibility index (Phi) is 5.11. The van der Waals surface area contributed by atoms with Gasteiger partial charge in [0.25, 0.3) is 0 Å². The van der Waals surface area contributed by atoms with Crippen LogP contribution in [0.2, 0.25) is 0 Å². The number of halogens is 7. The summed E-state index contributed by atoms with van der Waals surface area (Å²) in [6.07, 6.45) is -6.61. The second-order valence-electron chi connectivity index (χ2n) is 6.37. The van der Waals surface area contributed by atoms with E-state index in [2.05, 4.69) is 25.0 Å². The molecule has 0 aliphatic carbocycles. The number of pyridine rings is 1. The summed E-state index contributed by atoms with van der Waals surface area (Å²) in [6.45, 7) is 0. The molecule has 0 radical (unpaired) electrons. The molecule has 1 N–H and O–H groups in total. The van der Waals surface area contributed by atoms with Gasteiger partial charge < -0.3 is 10.1 Å². The highest BCUT2D eigenvalue weighted by Gasteiger charge is 2.39. The Morgan fingerprint density at radius 1 is 0.875 bits per heavy atom. The molecule has 0 amide bonds. The van der Waals surface area contributed by atoms with Crippen LogP contribution in [0.4, 0.5) is 42.2 Å². The largest absolute Gasteiger partial charge is 0.573 e. The lowest BCUT2D eigenvalue weighted by molar-refractivity contribution is -0.274. The molecule has 166 valence electrons. The van der Waals surface area contributed by atoms with Crippen LogP contribution in [0.15, 0.2) is 55.0 Å². The number of alkyl halides is 6. The van der Waals surface area contributed by atoms with Crippen LogP contribution in [0.25, 0.3) is 17.0 Å². The first-order chi connectivity index (χ1) is 15.0. The molecule has 0 aliphatic heterocycles. The summed E-state index contributed by atoms with van der Waals surface area (Å²) in [5, 5.41) is 2.72. The molecule has 0 saturated heterocycles. The minimum absolute atomic E-state index is 0.00790. The quantitative estimate of drug-likeness (QED) is 0.405. The number of anilines is 2. The van der Waals surface area contributed by atoms with Crippen molar-refractivity contribution in [1.82, 2.24) is 19.4 Å². The lowest BCUT2D eigenvalue weighted by Crippen LogP contribution is -2.16. The molecule has 1 aromatic carbocycles. The van der Waals surface area contributed by atoms with Crippen LogP contribution in [0, 0.1) is 5.82 Å². The van der Waals surface area contributed by atoms with Crippen molar-refractivity contribution in [3.05, 3.63) is 66.5 Å². The molecule has 0 fully saturated rings. The third kappa shape index (κ3) is 4.55. The van der Waals surface area contributed by atoms with E-state index in [1.807, 2.05) is 0 Å². The molecular formula is C19H10F7N5O. The molecule has 4 aromatic rings. The number of fused-ring (bicyclic) bond motifs is 1. The molecule has 0 spiro atoms. The number of nitrogens with one attached hydrogen (secondary N) is 1. The molecule has 0 unspecified atom stereocenters. The highest BCUT2D eigenvalue weighted by molar-refractivity contribution is 5.67. The van der Waals surface area contributed by atoms with Crippen molar-refractivity contribution in [1.29, 1.82) is 0 Å². The monoisotopic (exact) mass is 457 g/mol. The molecule has 0 atom stereocenters. The maximum absolute atomic E-state index is 13.7. The molecule has 0 bridgehead atoms. The minimum Gasteiger partial charge on any atom is -0.406 e. The van der Waals surface area contributed by atoms with Crippen LogP contribution in [0.5, 0.6) is 5.75 Å². The van der Waals surface area contributed by atoms with E-state index < -0.39 is 35.5 Å². The second kappa shape index (κ2) is 7.66. The van der Waals surface area contributed by atoms with Gasteiger partial charge in [-0.3, -0.25) is 9.38 Å². The van der Waals surface area contributed by atoms with Gasteiger partial charge in [-0.15, -0.1) is 13.2 Å². The van der Waals surface area contributed by atoms with Crippen LogP contribution >= 0.6 is 0 Å². The second-order valence-corrected chi connectivity index (χ2v) is 6.37. The van der Waals surface area contributed by atoms with Gasteiger partial charge in [0, 0.05) is 11.9 Å². The van der Waals surface area contributed by atoms with Gasteiger partial charge in [-0.05, 0) is 36.4 Å². The number of hydrogen-bond acceptors (Lipinski definition) is 5. The van der Waals surface area contributed by atoms with Crippen molar-refractivity contribution in [3.8, 4) is 17.1 Å². The Morgan fingerprint density at radius 3 is 2.25 bits per heavy atom. The van der Waals surface area contributed by atoms with Gasteiger partial charge in [0.15, 0.2) is 5.69 Å². The van der Waals surface area contributed by atoms with E-state index in [0.717, 1.165) is 41.1 Å². The Balaban J connectivity index is 1.70. The van der Waals surface area contributed by atoms with E-state index in [1.165, 1.54) is 18.3 Å². The average Bonchev–Trinajstić information content (AvgIpc) is 3.08. The molecule has 4 rings (SSSR count). The number of hydrogen-bond donors (Lipinski definition) is 1. The molecule has 13 heteroatoms. The van der Waals surface area contributed by atoms with Crippen molar-refractivity contribution in [2.45, 2.75) is 12.5 Å². The Hall–Kier alpha value is -3.90. The van der Waals surface area contributed by atoms with Crippen LogP contribution in [0.3, 0.4) is 0 Å². The highest BCUT2D eigenvalue weighted by Crippen LogP contribution is 2.37. The fourth-order valence-corrected chi connectivity index (χ4v) is 2.89. The third-order valence-electron chi connectivity index (χ3n) is 4.09. The van der Waals surface area contributed by atoms with Gasteiger partial charge in [-0.25, -0.2) is 14.4 Å². The summed E-state index contributed by atoms with van der Waals surface area (Å²) in [7, 11) is 0. The predicted molar refractivity (Wildman–Crippen MR) is 97.6 cm³/mol. The van der Waals surface area contributed by atoms with Gasteiger partial charge in [0.05, 0.1) is 12.4 Å². The lowest BCUT2D eigenvalue weighted by Gasteiger charge is -2.11. The van der Waals surface area contributed by atoms with Gasteiger partial charge in [0.2, 0.25) is 0 Å². The first-order valence-corrected chi connectivity index (χ1v) is 8.70. The lowest BCUT2D eigenvalue weighted by atomic mass is 10.2. The number of imidazole rings is 1. The number of rotatable bonds is 4. The summed E-state index contributed by atoms with van der Waals surface area (Å²) in [5.74, 6) is -1.25. The zero-order valence-corrected chi connectivity index (χ0v) is 15.5. The smallest absolute Gasteiger partial charge is 0.406 e. The maximum Gasteiger partial charge on any atom is 0.573 e. The number of ether oxygens (including phenoxy) is 1. The summed E-state index contributed by atoms with van der Waals surface area (Å²) >= 11 is 0. The van der Waals surface area contributed by atoms with Crippen molar-refractivity contribution >= 4 is 17.2 Å². The van der Waals surface area contributed by atoms with Crippen LogP contribution in [-0.2, 0) is 6.18 Å². The fourth-order valence-electron chi connectivity index (χ4n) is 2.89. The van der Waals surface area contributed by atoms with E-state index in [1.54, 1.807) is 0 Å². The molecule has 3 aromatic heterocycles. The van der Waals surface area contributed by atoms with Crippen LogP contribution < -0.4 is 10.1 Å². The molecule has 6 nitrogen and oxygen atoms in total. The van der Waals surface area contributed by atoms with E-state index in [0.29, 0.717) is 0 Å². The molecular weight excluding hydrogens is 447 g/mol. The molecule has 0 aliphatic rings. The number of nitrogens with zero attached hydrogens (tertiary/aromatic N) is 4. The molecule has 0 saturated carbocycles. The number of benzene rings is 1. The normalized spacial score (nSPS) is 12.2. The first kappa shape index (κ1) is 21.3. The third-order valence-corrected chi connectivity index (χ3v) is 4.09. The van der Waals surface area contributed by atoms with E-state index in [-0.39, 0.29) is 22.8 Å². The standard InChI is InChI=1S/C19H10F7N5O/c20-10-1-6-15-30-17(18(21,22)23)16(31(15)9-10)13-7-27-8-14(29-13)28-11-2-4-12(5-3-11)32-19(24,25)26/h1-9H,(H,28,29). The van der Waals surface area contributed by atoms with Crippen molar-refractivity contribution in [3.63, 3.8) is 0 Å². The Bertz CT molecular complexity index is 1270. The van der Waals surface area contributed by atoms with E-state index in [9.17, 15) is 30.7 Å². The highest BCUT2D eigenvalue weighted by atomic mass is 19.4. The van der Waals surface area contributed by atoms with Gasteiger partial charge in [0.1, 0.15) is 34.4 Å². The Labute approximate surface area is 174 Å². The fraction of sp³-hybridized carbons (Fsp3) is 0.105. The summed E-state index contributed by atoms with van der Waals surface area (Å²) in [6, 6.07) is 6.65. The van der Waals surface area contributed by atoms with Crippen LogP contribution in [0.1, 0.15) is 5.69 Å². The van der Waals surface area contributed by atoms with Crippen molar-refractivity contribution in [2.75, 3.05) is 5.32 Å². The molecule has 32 heavy (non-hydrogen) atoms. The van der Waals surface area contributed by atoms with E-state index >= 15 is 0 Å². The SMILES string of the molecule is Fc1ccc2nc(C(F)(F)F)c(-c3cncc(Nc4ccc(OC(F)(F)F)cc4)n3)n2c1. The van der Waals surface area contributed by atoms with Gasteiger partial charge >= 0.3 is 12.5 Å². The maximum atomic E-state index is 13.7. The predicted octanol–water partition coefficient (Wildman–Crippen LogP) is 5.59.